The van der Waals surface area contributed by atoms with Crippen LogP contribution in [0.2, 0.25) is 5.02 Å². The molecule has 0 unspecified atom stereocenters. The minimum absolute atomic E-state index is 0.123. The molecule has 3 heterocycles. The molecular weight excluding hydrogens is 316 g/mol. The summed E-state index contributed by atoms with van der Waals surface area (Å²) < 4.78 is 5.20. The minimum Gasteiger partial charge on any atom is -0.481 e. The number of ether oxygens (including phenoxy) is 1. The summed E-state index contributed by atoms with van der Waals surface area (Å²) in [6, 6.07) is 3.54. The number of aliphatic hydroxyl groups is 1. The molecular formula is C16H21ClN4O2. The average Bonchev–Trinajstić information content (AvgIpc) is 2.56. The number of fused-ring (bicyclic) bond motifs is 1. The molecule has 3 rings (SSSR count). The van der Waals surface area contributed by atoms with Crippen molar-refractivity contribution in [3.63, 3.8) is 0 Å². The highest BCUT2D eigenvalue weighted by Gasteiger charge is 2.24. The van der Waals surface area contributed by atoms with Gasteiger partial charge in [-0.25, -0.2) is 4.98 Å². The molecule has 7 heteroatoms. The minimum atomic E-state index is -0.466. The van der Waals surface area contributed by atoms with Gasteiger partial charge in [0.1, 0.15) is 0 Å². The Morgan fingerprint density at radius 1 is 1.48 bits per heavy atom. The van der Waals surface area contributed by atoms with E-state index in [1.165, 1.54) is 0 Å². The summed E-state index contributed by atoms with van der Waals surface area (Å²) in [5.74, 6) is 0.544. The Morgan fingerprint density at radius 2 is 2.30 bits per heavy atom. The Hall–Kier alpha value is -1.47. The van der Waals surface area contributed by atoms with E-state index in [2.05, 4.69) is 14.9 Å². The quantitative estimate of drug-likeness (QED) is 0.873. The van der Waals surface area contributed by atoms with E-state index < -0.39 is 6.10 Å². The number of piperidine rings is 1. The van der Waals surface area contributed by atoms with Crippen LogP contribution in [0.1, 0.15) is 12.0 Å². The normalized spacial score (nSPS) is 22.4. The van der Waals surface area contributed by atoms with Crippen LogP contribution in [-0.4, -0.2) is 58.9 Å². The fraction of sp³-hybridized carbons (Fsp3) is 0.500. The first-order valence-electron chi connectivity index (χ1n) is 7.72. The highest BCUT2D eigenvalue weighted by molar-refractivity contribution is 6.32. The first-order valence-corrected chi connectivity index (χ1v) is 8.10. The zero-order valence-corrected chi connectivity index (χ0v) is 13.8. The number of halogens is 1. The van der Waals surface area contributed by atoms with Gasteiger partial charge >= 0.3 is 0 Å². The van der Waals surface area contributed by atoms with Crippen LogP contribution in [0.4, 0.5) is 0 Å². The summed E-state index contributed by atoms with van der Waals surface area (Å²) in [4.78, 5) is 11.0. The highest BCUT2D eigenvalue weighted by Crippen LogP contribution is 2.25. The summed E-state index contributed by atoms with van der Waals surface area (Å²) in [7, 11) is 1.59. The van der Waals surface area contributed by atoms with Crippen molar-refractivity contribution in [3.05, 3.63) is 28.9 Å². The van der Waals surface area contributed by atoms with Gasteiger partial charge in [0.25, 0.3) is 0 Å². The maximum atomic E-state index is 9.91. The van der Waals surface area contributed by atoms with Crippen LogP contribution in [0.25, 0.3) is 11.0 Å². The van der Waals surface area contributed by atoms with Crippen molar-refractivity contribution in [1.82, 2.24) is 14.9 Å². The lowest BCUT2D eigenvalue weighted by Crippen LogP contribution is -2.50. The first kappa shape index (κ1) is 16.4. The third-order valence-electron chi connectivity index (χ3n) is 4.34. The summed E-state index contributed by atoms with van der Waals surface area (Å²) in [5, 5.41) is 10.5. The molecule has 124 valence electrons. The van der Waals surface area contributed by atoms with Crippen LogP contribution in [0.15, 0.2) is 18.3 Å². The molecule has 2 atom stereocenters. The van der Waals surface area contributed by atoms with E-state index in [0.29, 0.717) is 17.4 Å². The largest absolute Gasteiger partial charge is 0.481 e. The fourth-order valence-electron chi connectivity index (χ4n) is 2.92. The van der Waals surface area contributed by atoms with E-state index in [1.54, 1.807) is 19.4 Å². The van der Waals surface area contributed by atoms with Crippen molar-refractivity contribution in [2.45, 2.75) is 25.0 Å². The van der Waals surface area contributed by atoms with Gasteiger partial charge in [0.05, 0.1) is 29.3 Å². The monoisotopic (exact) mass is 336 g/mol. The molecule has 0 aliphatic carbocycles. The van der Waals surface area contributed by atoms with Crippen LogP contribution >= 0.6 is 11.6 Å². The number of nitrogens with zero attached hydrogens (tertiary/aromatic N) is 3. The molecule has 23 heavy (non-hydrogen) atoms. The Kier molecular flexibility index (Phi) is 4.96. The molecule has 2 aromatic heterocycles. The van der Waals surface area contributed by atoms with Gasteiger partial charge in [-0.05, 0) is 25.5 Å². The van der Waals surface area contributed by atoms with Gasteiger partial charge in [-0.2, -0.15) is 0 Å². The molecule has 0 aromatic carbocycles. The van der Waals surface area contributed by atoms with E-state index in [4.69, 9.17) is 22.1 Å². The van der Waals surface area contributed by atoms with Gasteiger partial charge in [-0.1, -0.05) is 11.6 Å². The van der Waals surface area contributed by atoms with Crippen molar-refractivity contribution in [2.75, 3.05) is 26.7 Å². The van der Waals surface area contributed by atoms with Gasteiger partial charge in [0.15, 0.2) is 0 Å². The number of methoxy groups -OCH3 is 1. The number of rotatable bonds is 4. The zero-order chi connectivity index (χ0) is 16.4. The van der Waals surface area contributed by atoms with E-state index in [0.717, 1.165) is 42.5 Å². The number of β-amino-alcohol motifs (C(OH)–C–C–N with tert-alkyl or cyclic N) is 1. The van der Waals surface area contributed by atoms with Crippen LogP contribution < -0.4 is 10.5 Å². The molecule has 1 saturated heterocycles. The Labute approximate surface area is 140 Å². The average molecular weight is 337 g/mol. The predicted octanol–water partition coefficient (Wildman–Crippen LogP) is 1.23. The SMILES string of the molecule is COc1ccc2ncc(Cl)c(CCN3CC[C@@H](N)[C@H](O)C3)c2n1. The van der Waals surface area contributed by atoms with Crippen molar-refractivity contribution in [2.24, 2.45) is 5.73 Å². The van der Waals surface area contributed by atoms with Crippen molar-refractivity contribution in [1.29, 1.82) is 0 Å². The van der Waals surface area contributed by atoms with Crippen molar-refractivity contribution >= 4 is 22.6 Å². The van der Waals surface area contributed by atoms with Crippen molar-refractivity contribution < 1.29 is 9.84 Å². The second kappa shape index (κ2) is 6.97. The number of likely N-dealkylation sites (tertiary alicyclic amines) is 1. The number of hydrogen-bond acceptors (Lipinski definition) is 6. The fourth-order valence-corrected chi connectivity index (χ4v) is 3.15. The lowest BCUT2D eigenvalue weighted by atomic mass is 10.0. The van der Waals surface area contributed by atoms with Crippen LogP contribution in [-0.2, 0) is 6.42 Å². The number of aromatic nitrogens is 2. The molecule has 3 N–H and O–H groups in total. The highest BCUT2D eigenvalue weighted by atomic mass is 35.5. The second-order valence-corrected chi connectivity index (χ2v) is 6.28. The summed E-state index contributed by atoms with van der Waals surface area (Å²) in [6.45, 7) is 2.27. The van der Waals surface area contributed by atoms with Gasteiger partial charge in [0, 0.05) is 37.0 Å². The molecule has 1 aliphatic heterocycles. The molecule has 2 aromatic rings. The maximum Gasteiger partial charge on any atom is 0.213 e. The molecule has 0 bridgehead atoms. The first-order chi connectivity index (χ1) is 11.1. The maximum absolute atomic E-state index is 9.91. The van der Waals surface area contributed by atoms with Gasteiger partial charge < -0.3 is 20.5 Å². The summed E-state index contributed by atoms with van der Waals surface area (Å²) in [6.07, 6.45) is 2.73. The molecule has 0 saturated carbocycles. The third kappa shape index (κ3) is 3.55. The topological polar surface area (TPSA) is 84.5 Å². The molecule has 6 nitrogen and oxygen atoms in total. The smallest absolute Gasteiger partial charge is 0.213 e. The Bertz CT molecular complexity index is 697. The molecule has 1 aliphatic rings. The van der Waals surface area contributed by atoms with E-state index in [9.17, 15) is 5.11 Å². The second-order valence-electron chi connectivity index (χ2n) is 5.88. The number of hydrogen-bond donors (Lipinski definition) is 2. The summed E-state index contributed by atoms with van der Waals surface area (Å²) in [5.41, 5.74) is 8.37. The lowest BCUT2D eigenvalue weighted by Gasteiger charge is -2.34. The van der Waals surface area contributed by atoms with E-state index in [1.807, 2.05) is 6.07 Å². The molecule has 1 fully saturated rings. The molecule has 0 amide bonds. The van der Waals surface area contributed by atoms with Gasteiger partial charge in [-0.15, -0.1) is 0 Å². The number of pyridine rings is 2. The van der Waals surface area contributed by atoms with E-state index >= 15 is 0 Å². The predicted molar refractivity (Wildman–Crippen MR) is 89.8 cm³/mol. The summed E-state index contributed by atoms with van der Waals surface area (Å²) >= 11 is 6.34. The van der Waals surface area contributed by atoms with Crippen molar-refractivity contribution in [3.8, 4) is 5.88 Å². The van der Waals surface area contributed by atoms with Crippen LogP contribution in [0.3, 0.4) is 0 Å². The zero-order valence-electron chi connectivity index (χ0n) is 13.1. The number of aliphatic hydroxyl groups excluding tert-OH is 1. The lowest BCUT2D eigenvalue weighted by molar-refractivity contribution is 0.0542. The molecule has 0 radical (unpaired) electrons. The van der Waals surface area contributed by atoms with Gasteiger partial charge in [0.2, 0.25) is 5.88 Å². The standard InChI is InChI=1S/C16H21ClN4O2/c1-23-15-3-2-13-16(20-15)10(11(17)8-19-13)4-6-21-7-5-12(18)14(22)9-21/h2-3,8,12,14,22H,4-7,9,18H2,1H3/t12-,14-/m1/s1. The van der Waals surface area contributed by atoms with E-state index in [-0.39, 0.29) is 6.04 Å². The number of nitrogens with two attached hydrogens (primary N) is 1. The Morgan fingerprint density at radius 3 is 3.04 bits per heavy atom. The third-order valence-corrected chi connectivity index (χ3v) is 4.67. The van der Waals surface area contributed by atoms with Crippen LogP contribution in [0.5, 0.6) is 5.88 Å². The van der Waals surface area contributed by atoms with Gasteiger partial charge in [-0.3, -0.25) is 4.98 Å². The Balaban J connectivity index is 1.80. The van der Waals surface area contributed by atoms with Crippen LogP contribution in [0, 0.1) is 0 Å². The molecule has 0 spiro atoms.